The first-order chi connectivity index (χ1) is 9.59. The maximum absolute atomic E-state index is 10.0. The highest BCUT2D eigenvalue weighted by molar-refractivity contribution is 5.73. The molecule has 0 spiro atoms. The largest absolute Gasteiger partial charge is 0.481 e. The first-order valence-corrected chi connectivity index (χ1v) is 7.01. The van der Waals surface area contributed by atoms with Gasteiger partial charge in [0.15, 0.2) is 0 Å². The lowest BCUT2D eigenvalue weighted by molar-refractivity contribution is -0.140. The molecular formula is C14H29NO6. The zero-order chi connectivity index (χ0) is 17.4. The van der Waals surface area contributed by atoms with Crippen LogP contribution in [0.5, 0.6) is 0 Å². The van der Waals surface area contributed by atoms with Gasteiger partial charge < -0.3 is 21.1 Å². The van der Waals surface area contributed by atoms with Gasteiger partial charge in [0.05, 0.1) is 0 Å². The van der Waals surface area contributed by atoms with E-state index in [1.54, 1.807) is 13.8 Å². The third-order valence-electron chi connectivity index (χ3n) is 2.21. The number of carboxylic acid groups (broad SMARTS) is 3. The minimum atomic E-state index is -0.931. The third kappa shape index (κ3) is 27.5. The maximum Gasteiger partial charge on any atom is 0.320 e. The van der Waals surface area contributed by atoms with Crippen LogP contribution in [0.4, 0.5) is 0 Å². The van der Waals surface area contributed by atoms with Gasteiger partial charge in [-0.2, -0.15) is 0 Å². The molecule has 0 aliphatic carbocycles. The van der Waals surface area contributed by atoms with E-state index < -0.39 is 23.9 Å². The van der Waals surface area contributed by atoms with Gasteiger partial charge in [0.25, 0.3) is 0 Å². The smallest absolute Gasteiger partial charge is 0.320 e. The van der Waals surface area contributed by atoms with E-state index in [1.807, 2.05) is 13.8 Å². The van der Waals surface area contributed by atoms with Gasteiger partial charge in [0, 0.05) is 12.8 Å². The molecule has 0 amide bonds. The highest BCUT2D eigenvalue weighted by Gasteiger charge is 2.14. The minimum absolute atomic E-state index is 0.0208. The quantitative estimate of drug-likeness (QED) is 0.565. The van der Waals surface area contributed by atoms with Crippen molar-refractivity contribution in [1.29, 1.82) is 0 Å². The second-order valence-corrected chi connectivity index (χ2v) is 4.75. The Morgan fingerprint density at radius 1 is 0.905 bits per heavy atom. The molecule has 0 saturated heterocycles. The molecule has 0 heterocycles. The SMILES string of the molecule is CC(C)[C@H](N)C(=O)O.CCCC(=O)O.CCCCC(=O)O. The van der Waals surface area contributed by atoms with Crippen LogP contribution in [0.25, 0.3) is 0 Å². The molecule has 0 aliphatic rings. The molecule has 0 bridgehead atoms. The molecule has 5 N–H and O–H groups in total. The van der Waals surface area contributed by atoms with Gasteiger partial charge in [-0.1, -0.05) is 34.1 Å². The molecule has 21 heavy (non-hydrogen) atoms. The second kappa shape index (κ2) is 16.4. The van der Waals surface area contributed by atoms with Crippen LogP contribution >= 0.6 is 0 Å². The zero-order valence-electron chi connectivity index (χ0n) is 13.3. The summed E-state index contributed by atoms with van der Waals surface area (Å²) >= 11 is 0. The van der Waals surface area contributed by atoms with Gasteiger partial charge in [0.1, 0.15) is 6.04 Å². The Morgan fingerprint density at radius 3 is 1.38 bits per heavy atom. The van der Waals surface area contributed by atoms with Gasteiger partial charge >= 0.3 is 17.9 Å². The molecule has 0 fully saturated rings. The summed E-state index contributed by atoms with van der Waals surface area (Å²) in [5.41, 5.74) is 5.16. The van der Waals surface area contributed by atoms with E-state index in [9.17, 15) is 14.4 Å². The Kier molecular flexibility index (Phi) is 19.1. The monoisotopic (exact) mass is 307 g/mol. The number of rotatable bonds is 7. The molecule has 0 rings (SSSR count). The molecular weight excluding hydrogens is 278 g/mol. The van der Waals surface area contributed by atoms with Crippen LogP contribution in [-0.2, 0) is 14.4 Å². The fourth-order valence-electron chi connectivity index (χ4n) is 0.827. The van der Waals surface area contributed by atoms with E-state index in [1.165, 1.54) is 0 Å². The highest BCUT2D eigenvalue weighted by atomic mass is 16.4. The number of unbranched alkanes of at least 4 members (excludes halogenated alkanes) is 1. The molecule has 1 atom stereocenters. The van der Waals surface area contributed by atoms with Crippen molar-refractivity contribution in [1.82, 2.24) is 0 Å². The van der Waals surface area contributed by atoms with Crippen molar-refractivity contribution in [3.8, 4) is 0 Å². The van der Waals surface area contributed by atoms with Gasteiger partial charge in [-0.25, -0.2) is 0 Å². The predicted molar refractivity (Wildman–Crippen MR) is 80.2 cm³/mol. The summed E-state index contributed by atoms with van der Waals surface area (Å²) in [5, 5.41) is 24.2. The molecule has 0 aromatic heterocycles. The normalized spacial score (nSPS) is 10.6. The topological polar surface area (TPSA) is 138 Å². The molecule has 0 aromatic rings. The van der Waals surface area contributed by atoms with E-state index in [2.05, 4.69) is 0 Å². The van der Waals surface area contributed by atoms with Crippen LogP contribution in [0.3, 0.4) is 0 Å². The van der Waals surface area contributed by atoms with E-state index in [0.717, 1.165) is 19.3 Å². The van der Waals surface area contributed by atoms with Crippen molar-refractivity contribution in [2.75, 3.05) is 0 Å². The van der Waals surface area contributed by atoms with Crippen molar-refractivity contribution in [2.45, 2.75) is 65.8 Å². The zero-order valence-corrected chi connectivity index (χ0v) is 13.3. The summed E-state index contributed by atoms with van der Waals surface area (Å²) in [6.45, 7) is 7.37. The third-order valence-corrected chi connectivity index (χ3v) is 2.21. The molecule has 0 aromatic carbocycles. The van der Waals surface area contributed by atoms with Crippen LogP contribution in [0.1, 0.15) is 59.8 Å². The molecule has 7 nitrogen and oxygen atoms in total. The maximum atomic E-state index is 10.0. The van der Waals surface area contributed by atoms with E-state index in [0.29, 0.717) is 12.8 Å². The van der Waals surface area contributed by atoms with Gasteiger partial charge in [-0.05, 0) is 18.8 Å². The lowest BCUT2D eigenvalue weighted by Crippen LogP contribution is -2.34. The molecule has 126 valence electrons. The van der Waals surface area contributed by atoms with Crippen molar-refractivity contribution in [3.63, 3.8) is 0 Å². The van der Waals surface area contributed by atoms with E-state index in [-0.39, 0.29) is 5.92 Å². The van der Waals surface area contributed by atoms with Crippen LogP contribution in [0, 0.1) is 5.92 Å². The molecule has 0 unspecified atom stereocenters. The first-order valence-electron chi connectivity index (χ1n) is 7.01. The van der Waals surface area contributed by atoms with Crippen LogP contribution in [-0.4, -0.2) is 39.3 Å². The summed E-state index contributed by atoms with van der Waals surface area (Å²) < 4.78 is 0. The summed E-state index contributed by atoms with van der Waals surface area (Å²) in [4.78, 5) is 29.4. The van der Waals surface area contributed by atoms with Crippen molar-refractivity contribution < 1.29 is 29.7 Å². The van der Waals surface area contributed by atoms with Crippen LogP contribution in [0.15, 0.2) is 0 Å². The average Bonchev–Trinajstić information content (AvgIpc) is 2.36. The first kappa shape index (κ1) is 24.4. The van der Waals surface area contributed by atoms with Crippen LogP contribution in [0.2, 0.25) is 0 Å². The summed E-state index contributed by atoms with van der Waals surface area (Å²) in [6, 6.07) is -0.713. The lowest BCUT2D eigenvalue weighted by Gasteiger charge is -2.07. The Bertz CT molecular complexity index is 291. The summed E-state index contributed by atoms with van der Waals surface area (Å²) in [6.07, 6.45) is 3.10. The molecule has 0 saturated carbocycles. The summed E-state index contributed by atoms with van der Waals surface area (Å²) in [7, 11) is 0. The van der Waals surface area contributed by atoms with Crippen molar-refractivity contribution in [2.24, 2.45) is 11.7 Å². The lowest BCUT2D eigenvalue weighted by atomic mass is 10.1. The number of hydrogen-bond donors (Lipinski definition) is 4. The van der Waals surface area contributed by atoms with Crippen LogP contribution < -0.4 is 5.73 Å². The molecule has 7 heteroatoms. The Labute approximate surface area is 126 Å². The predicted octanol–water partition coefficient (Wildman–Crippen LogP) is 2.19. The van der Waals surface area contributed by atoms with Gasteiger partial charge in [0.2, 0.25) is 0 Å². The summed E-state index contributed by atoms with van der Waals surface area (Å²) in [5.74, 6) is -2.31. The Balaban J connectivity index is -0.000000234. The fraction of sp³-hybridized carbons (Fsp3) is 0.786. The standard InChI is InChI=1S/C5H11NO2.C5H10O2.C4H8O2/c1-3(2)4(6)5(7)8;1-2-3-4-5(6)7;1-2-3-4(5)6/h3-4H,6H2,1-2H3,(H,7,8);2-4H2,1H3,(H,6,7);2-3H2,1H3,(H,5,6)/t4-;;/m0../s1. The number of nitrogens with two attached hydrogens (primary N) is 1. The number of carboxylic acids is 3. The second-order valence-electron chi connectivity index (χ2n) is 4.75. The molecule has 0 aliphatic heterocycles. The molecule has 0 radical (unpaired) electrons. The number of aliphatic carboxylic acids is 3. The van der Waals surface area contributed by atoms with Gasteiger partial charge in [-0.3, -0.25) is 14.4 Å². The van der Waals surface area contributed by atoms with Crippen molar-refractivity contribution in [3.05, 3.63) is 0 Å². The van der Waals surface area contributed by atoms with Gasteiger partial charge in [-0.15, -0.1) is 0 Å². The Hall–Kier alpha value is -1.63. The number of carbonyl (C=O) groups is 3. The highest BCUT2D eigenvalue weighted by Crippen LogP contribution is 1.96. The van der Waals surface area contributed by atoms with E-state index in [4.69, 9.17) is 21.1 Å². The fourth-order valence-corrected chi connectivity index (χ4v) is 0.827. The average molecular weight is 307 g/mol. The minimum Gasteiger partial charge on any atom is -0.481 e. The number of hydrogen-bond acceptors (Lipinski definition) is 4. The van der Waals surface area contributed by atoms with E-state index >= 15 is 0 Å². The Morgan fingerprint density at radius 2 is 1.33 bits per heavy atom. The van der Waals surface area contributed by atoms with Crippen molar-refractivity contribution >= 4 is 17.9 Å².